The second-order valence-corrected chi connectivity index (χ2v) is 5.57. The van der Waals surface area contributed by atoms with E-state index in [1.807, 2.05) is 0 Å². The van der Waals surface area contributed by atoms with Crippen LogP contribution in [0.25, 0.3) is 0 Å². The van der Waals surface area contributed by atoms with Gasteiger partial charge in [0.25, 0.3) is 0 Å². The summed E-state index contributed by atoms with van der Waals surface area (Å²) in [6.07, 6.45) is 6.21. The molecular formula is C17H27NO. The van der Waals surface area contributed by atoms with E-state index in [1.165, 1.54) is 56.3 Å². The third-order valence-electron chi connectivity index (χ3n) is 4.15. The van der Waals surface area contributed by atoms with Crippen molar-refractivity contribution in [3.05, 3.63) is 29.3 Å². The molecule has 0 amide bonds. The molecule has 106 valence electrons. The predicted molar refractivity (Wildman–Crippen MR) is 81.0 cm³/mol. The number of hydrogen-bond acceptors (Lipinski definition) is 2. The molecule has 0 N–H and O–H groups in total. The maximum Gasteiger partial charge on any atom is 0.119 e. The maximum absolute atomic E-state index is 5.32. The van der Waals surface area contributed by atoms with Crippen LogP contribution < -0.4 is 4.74 Å². The van der Waals surface area contributed by atoms with Gasteiger partial charge in [0.1, 0.15) is 5.75 Å². The van der Waals surface area contributed by atoms with E-state index in [1.54, 1.807) is 7.11 Å². The molecule has 0 heterocycles. The van der Waals surface area contributed by atoms with Crippen LogP contribution in [0.5, 0.6) is 5.75 Å². The highest BCUT2D eigenvalue weighted by molar-refractivity contribution is 5.37. The molecule has 0 fully saturated rings. The number of benzene rings is 1. The van der Waals surface area contributed by atoms with Gasteiger partial charge in [-0.05, 0) is 68.5 Å². The molecular weight excluding hydrogens is 234 g/mol. The molecule has 0 aromatic heterocycles. The van der Waals surface area contributed by atoms with E-state index in [0.29, 0.717) is 0 Å². The third kappa shape index (κ3) is 3.50. The van der Waals surface area contributed by atoms with Gasteiger partial charge in [-0.3, -0.25) is 0 Å². The smallest absolute Gasteiger partial charge is 0.119 e. The van der Waals surface area contributed by atoms with Crippen molar-refractivity contribution in [2.24, 2.45) is 0 Å². The van der Waals surface area contributed by atoms with Gasteiger partial charge in [-0.2, -0.15) is 0 Å². The van der Waals surface area contributed by atoms with Gasteiger partial charge in [0.2, 0.25) is 0 Å². The largest absolute Gasteiger partial charge is 0.497 e. The Morgan fingerprint density at radius 2 is 1.89 bits per heavy atom. The number of hydrogen-bond donors (Lipinski definition) is 0. The van der Waals surface area contributed by atoms with Gasteiger partial charge in [-0.1, -0.05) is 19.9 Å². The molecule has 2 nitrogen and oxygen atoms in total. The van der Waals surface area contributed by atoms with Crippen LogP contribution in [0.15, 0.2) is 18.2 Å². The summed E-state index contributed by atoms with van der Waals surface area (Å²) < 4.78 is 5.32. The lowest BCUT2D eigenvalue weighted by atomic mass is 9.87. The van der Waals surface area contributed by atoms with Gasteiger partial charge >= 0.3 is 0 Å². The lowest BCUT2D eigenvalue weighted by Crippen LogP contribution is -2.40. The zero-order chi connectivity index (χ0) is 13.7. The maximum atomic E-state index is 5.32. The highest BCUT2D eigenvalue weighted by Gasteiger charge is 2.23. The molecule has 0 saturated carbocycles. The minimum Gasteiger partial charge on any atom is -0.497 e. The van der Waals surface area contributed by atoms with Crippen molar-refractivity contribution in [3.63, 3.8) is 0 Å². The first kappa shape index (κ1) is 14.4. The summed E-state index contributed by atoms with van der Waals surface area (Å²) in [5, 5.41) is 0. The van der Waals surface area contributed by atoms with E-state index in [9.17, 15) is 0 Å². The summed E-state index contributed by atoms with van der Waals surface area (Å²) >= 11 is 0. The summed E-state index contributed by atoms with van der Waals surface area (Å²) in [4.78, 5) is 2.69. The fraction of sp³-hybridized carbons (Fsp3) is 0.647. The van der Waals surface area contributed by atoms with Crippen LogP contribution in [0.3, 0.4) is 0 Å². The fourth-order valence-electron chi connectivity index (χ4n) is 3.20. The summed E-state index contributed by atoms with van der Waals surface area (Å²) in [6, 6.07) is 7.32. The van der Waals surface area contributed by atoms with E-state index in [-0.39, 0.29) is 0 Å². The molecule has 1 aliphatic carbocycles. The Morgan fingerprint density at radius 1 is 1.16 bits per heavy atom. The number of fused-ring (bicyclic) bond motifs is 1. The Hall–Kier alpha value is -1.02. The van der Waals surface area contributed by atoms with Crippen molar-refractivity contribution in [1.82, 2.24) is 4.90 Å². The van der Waals surface area contributed by atoms with Crippen LogP contribution >= 0.6 is 0 Å². The Morgan fingerprint density at radius 3 is 2.53 bits per heavy atom. The zero-order valence-electron chi connectivity index (χ0n) is 12.6. The molecule has 0 radical (unpaired) electrons. The van der Waals surface area contributed by atoms with Crippen molar-refractivity contribution in [2.45, 2.75) is 52.0 Å². The third-order valence-corrected chi connectivity index (χ3v) is 4.15. The Kier molecular flexibility index (Phi) is 5.26. The quantitative estimate of drug-likeness (QED) is 0.774. The summed E-state index contributed by atoms with van der Waals surface area (Å²) in [5.41, 5.74) is 3.01. The number of methoxy groups -OCH3 is 1. The molecule has 0 spiro atoms. The molecule has 0 aliphatic heterocycles. The van der Waals surface area contributed by atoms with Crippen LogP contribution in [0, 0.1) is 0 Å². The normalized spacial score (nSPS) is 18.4. The average Bonchev–Trinajstić information content (AvgIpc) is 2.46. The Bertz CT molecular complexity index is 396. The molecule has 2 heteroatoms. The summed E-state index contributed by atoms with van der Waals surface area (Å²) in [7, 11) is 1.75. The molecule has 19 heavy (non-hydrogen) atoms. The number of aryl methyl sites for hydroxylation is 1. The first-order valence-electron chi connectivity index (χ1n) is 7.68. The first-order valence-corrected chi connectivity index (χ1v) is 7.68. The molecule has 1 atom stereocenters. The molecule has 1 aromatic carbocycles. The van der Waals surface area contributed by atoms with Crippen molar-refractivity contribution in [2.75, 3.05) is 20.2 Å². The number of rotatable bonds is 6. The van der Waals surface area contributed by atoms with Crippen LogP contribution in [-0.2, 0) is 12.8 Å². The molecule has 2 rings (SSSR count). The standard InChI is InChI=1S/C17H27NO/c1-4-10-18(11-5-2)16-8-6-15-13-17(19-3)9-7-14(15)12-16/h7,9,13,16H,4-6,8,10-12H2,1-3H3/t16-/m0/s1. The summed E-state index contributed by atoms with van der Waals surface area (Å²) in [5.74, 6) is 0.996. The second-order valence-electron chi connectivity index (χ2n) is 5.57. The molecule has 1 aliphatic rings. The van der Waals surface area contributed by atoms with Gasteiger partial charge in [0.05, 0.1) is 7.11 Å². The average molecular weight is 261 g/mol. The molecule has 0 saturated heterocycles. The summed E-state index contributed by atoms with van der Waals surface area (Å²) in [6.45, 7) is 7.04. The fourth-order valence-corrected chi connectivity index (χ4v) is 3.20. The lowest BCUT2D eigenvalue weighted by Gasteiger charge is -2.35. The second kappa shape index (κ2) is 6.95. The van der Waals surface area contributed by atoms with E-state index in [4.69, 9.17) is 4.74 Å². The van der Waals surface area contributed by atoms with E-state index < -0.39 is 0 Å². The molecule has 1 aromatic rings. The van der Waals surface area contributed by atoms with Gasteiger partial charge in [0, 0.05) is 6.04 Å². The van der Waals surface area contributed by atoms with Gasteiger partial charge in [0.15, 0.2) is 0 Å². The minimum atomic E-state index is 0.737. The van der Waals surface area contributed by atoms with Crippen LogP contribution in [0.1, 0.15) is 44.2 Å². The van der Waals surface area contributed by atoms with E-state index in [2.05, 4.69) is 36.9 Å². The molecule has 0 bridgehead atoms. The van der Waals surface area contributed by atoms with Crippen molar-refractivity contribution in [1.29, 1.82) is 0 Å². The van der Waals surface area contributed by atoms with Crippen LogP contribution in [-0.4, -0.2) is 31.1 Å². The van der Waals surface area contributed by atoms with Gasteiger partial charge in [-0.15, -0.1) is 0 Å². The monoisotopic (exact) mass is 261 g/mol. The zero-order valence-corrected chi connectivity index (χ0v) is 12.6. The number of nitrogens with zero attached hydrogens (tertiary/aromatic N) is 1. The number of ether oxygens (including phenoxy) is 1. The Balaban J connectivity index is 2.08. The van der Waals surface area contributed by atoms with Gasteiger partial charge in [-0.25, -0.2) is 0 Å². The minimum absolute atomic E-state index is 0.737. The first-order chi connectivity index (χ1) is 9.28. The highest BCUT2D eigenvalue weighted by atomic mass is 16.5. The topological polar surface area (TPSA) is 12.5 Å². The van der Waals surface area contributed by atoms with Crippen molar-refractivity contribution >= 4 is 0 Å². The lowest BCUT2D eigenvalue weighted by molar-refractivity contribution is 0.180. The highest BCUT2D eigenvalue weighted by Crippen LogP contribution is 2.28. The van der Waals surface area contributed by atoms with Crippen LogP contribution in [0.4, 0.5) is 0 Å². The van der Waals surface area contributed by atoms with Gasteiger partial charge < -0.3 is 9.64 Å². The Labute approximate surface area is 117 Å². The SMILES string of the molecule is CCCN(CCC)[C@H]1CCc2cc(OC)ccc2C1. The van der Waals surface area contributed by atoms with E-state index >= 15 is 0 Å². The van der Waals surface area contributed by atoms with Crippen molar-refractivity contribution in [3.8, 4) is 5.75 Å². The predicted octanol–water partition coefficient (Wildman–Crippen LogP) is 3.67. The van der Waals surface area contributed by atoms with E-state index in [0.717, 1.165) is 11.8 Å². The molecule has 0 unspecified atom stereocenters. The van der Waals surface area contributed by atoms with Crippen LogP contribution in [0.2, 0.25) is 0 Å². The van der Waals surface area contributed by atoms with Crippen molar-refractivity contribution < 1.29 is 4.74 Å².